The zero-order chi connectivity index (χ0) is 7.68. The molecule has 0 aromatic carbocycles. The molecule has 1 aromatic heterocycles. The summed E-state index contributed by atoms with van der Waals surface area (Å²) >= 11 is 0. The van der Waals surface area contributed by atoms with E-state index in [1.807, 2.05) is 6.92 Å². The van der Waals surface area contributed by atoms with E-state index in [4.69, 9.17) is 4.84 Å². The maximum absolute atomic E-state index is 5.03. The highest BCUT2D eigenvalue weighted by Gasteiger charge is 2.18. The first-order valence-electron chi connectivity index (χ1n) is 3.55. The van der Waals surface area contributed by atoms with Crippen LogP contribution in [0, 0.1) is 6.92 Å². The van der Waals surface area contributed by atoms with Gasteiger partial charge in [0.05, 0.1) is 0 Å². The molecule has 0 bridgehead atoms. The summed E-state index contributed by atoms with van der Waals surface area (Å²) < 4.78 is 0. The van der Waals surface area contributed by atoms with Crippen LogP contribution in [0.25, 0.3) is 0 Å². The Morgan fingerprint density at radius 3 is 3.18 bits per heavy atom. The minimum absolute atomic E-state index is 0.00343. The zero-order valence-electron chi connectivity index (χ0n) is 6.24. The SMILES string of the molecule is Cc1cnc(C2CC=NO2)[nH]1. The first-order chi connectivity index (χ1) is 5.36. The van der Waals surface area contributed by atoms with Crippen molar-refractivity contribution in [2.45, 2.75) is 19.4 Å². The zero-order valence-corrected chi connectivity index (χ0v) is 6.24. The van der Waals surface area contributed by atoms with Crippen molar-refractivity contribution in [3.63, 3.8) is 0 Å². The van der Waals surface area contributed by atoms with Gasteiger partial charge >= 0.3 is 0 Å². The molecule has 2 heterocycles. The third-order valence-electron chi connectivity index (χ3n) is 1.61. The van der Waals surface area contributed by atoms with E-state index in [0.717, 1.165) is 17.9 Å². The average Bonchev–Trinajstić information content (AvgIpc) is 2.55. The molecule has 1 aromatic rings. The highest BCUT2D eigenvalue weighted by molar-refractivity contribution is 5.58. The average molecular weight is 151 g/mol. The Labute approximate surface area is 64.3 Å². The van der Waals surface area contributed by atoms with Gasteiger partial charge in [0.1, 0.15) is 0 Å². The Hall–Kier alpha value is -1.32. The maximum Gasteiger partial charge on any atom is 0.189 e. The second kappa shape index (κ2) is 2.38. The van der Waals surface area contributed by atoms with Crippen molar-refractivity contribution >= 4 is 6.21 Å². The number of oxime groups is 1. The van der Waals surface area contributed by atoms with Gasteiger partial charge in [-0.2, -0.15) is 0 Å². The normalized spacial score (nSPS) is 22.1. The van der Waals surface area contributed by atoms with Crippen molar-refractivity contribution in [1.29, 1.82) is 0 Å². The second-order valence-corrected chi connectivity index (χ2v) is 2.57. The Morgan fingerprint density at radius 2 is 2.64 bits per heavy atom. The number of aryl methyl sites for hydroxylation is 1. The second-order valence-electron chi connectivity index (χ2n) is 2.57. The third kappa shape index (κ3) is 1.11. The van der Waals surface area contributed by atoms with Crippen molar-refractivity contribution in [3.05, 3.63) is 17.7 Å². The number of aromatic amines is 1. The standard InChI is InChI=1S/C7H9N3O/c1-5-4-8-7(10-5)6-2-3-9-11-6/h3-4,6H,2H2,1H3,(H,8,10). The summed E-state index contributed by atoms with van der Waals surface area (Å²) in [5, 5.41) is 3.67. The Kier molecular flexibility index (Phi) is 1.38. The Morgan fingerprint density at radius 1 is 1.73 bits per heavy atom. The lowest BCUT2D eigenvalue weighted by Gasteiger charge is -2.02. The molecule has 1 unspecified atom stereocenters. The number of hydrogen-bond acceptors (Lipinski definition) is 3. The molecule has 1 N–H and O–H groups in total. The van der Waals surface area contributed by atoms with Crippen molar-refractivity contribution < 1.29 is 4.84 Å². The number of hydrogen-bond donors (Lipinski definition) is 1. The lowest BCUT2D eigenvalue weighted by Crippen LogP contribution is -1.97. The maximum atomic E-state index is 5.03. The van der Waals surface area contributed by atoms with Gasteiger partial charge in [0, 0.05) is 24.5 Å². The van der Waals surface area contributed by atoms with E-state index in [0.29, 0.717) is 0 Å². The highest BCUT2D eigenvalue weighted by atomic mass is 16.6. The number of imidazole rings is 1. The van der Waals surface area contributed by atoms with Gasteiger partial charge in [-0.15, -0.1) is 0 Å². The van der Waals surface area contributed by atoms with Crippen molar-refractivity contribution in [2.75, 3.05) is 0 Å². The van der Waals surface area contributed by atoms with Crippen LogP contribution in [0.2, 0.25) is 0 Å². The fraction of sp³-hybridized carbons (Fsp3) is 0.429. The molecule has 0 aliphatic carbocycles. The van der Waals surface area contributed by atoms with E-state index in [1.54, 1.807) is 12.4 Å². The Balaban J connectivity index is 2.17. The summed E-state index contributed by atoms with van der Waals surface area (Å²) in [4.78, 5) is 12.3. The number of rotatable bonds is 1. The van der Waals surface area contributed by atoms with Crippen LogP contribution in [-0.2, 0) is 4.84 Å². The fourth-order valence-corrected chi connectivity index (χ4v) is 1.06. The minimum atomic E-state index is 0.00343. The topological polar surface area (TPSA) is 50.3 Å². The summed E-state index contributed by atoms with van der Waals surface area (Å²) in [5.41, 5.74) is 1.05. The van der Waals surface area contributed by atoms with E-state index in [2.05, 4.69) is 15.1 Å². The van der Waals surface area contributed by atoms with Crippen LogP contribution in [-0.4, -0.2) is 16.2 Å². The predicted molar refractivity (Wildman–Crippen MR) is 40.3 cm³/mol. The van der Waals surface area contributed by atoms with Crippen molar-refractivity contribution in [3.8, 4) is 0 Å². The Bertz CT molecular complexity index is 271. The van der Waals surface area contributed by atoms with Gasteiger partial charge in [0.15, 0.2) is 11.9 Å². The largest absolute Gasteiger partial charge is 0.384 e. The lowest BCUT2D eigenvalue weighted by molar-refractivity contribution is 0.0798. The highest BCUT2D eigenvalue weighted by Crippen LogP contribution is 2.20. The smallest absolute Gasteiger partial charge is 0.189 e. The van der Waals surface area contributed by atoms with Gasteiger partial charge in [-0.1, -0.05) is 5.16 Å². The molecule has 0 spiro atoms. The van der Waals surface area contributed by atoms with Gasteiger partial charge < -0.3 is 9.82 Å². The third-order valence-corrected chi connectivity index (χ3v) is 1.61. The predicted octanol–water partition coefficient (Wildman–Crippen LogP) is 1.17. The fourth-order valence-electron chi connectivity index (χ4n) is 1.06. The molecule has 0 saturated heterocycles. The van der Waals surface area contributed by atoms with E-state index < -0.39 is 0 Å². The molecule has 1 aliphatic heterocycles. The molecular formula is C7H9N3O. The molecular weight excluding hydrogens is 142 g/mol. The van der Waals surface area contributed by atoms with E-state index in [1.165, 1.54) is 0 Å². The first kappa shape index (κ1) is 6.39. The summed E-state index contributed by atoms with van der Waals surface area (Å²) in [7, 11) is 0. The minimum Gasteiger partial charge on any atom is -0.384 e. The molecule has 1 aliphatic rings. The molecule has 58 valence electrons. The molecule has 11 heavy (non-hydrogen) atoms. The van der Waals surface area contributed by atoms with Crippen LogP contribution >= 0.6 is 0 Å². The van der Waals surface area contributed by atoms with Gasteiger partial charge in [-0.3, -0.25) is 0 Å². The molecule has 1 atom stereocenters. The molecule has 0 radical (unpaired) electrons. The first-order valence-corrected chi connectivity index (χ1v) is 3.55. The van der Waals surface area contributed by atoms with Crippen LogP contribution in [0.15, 0.2) is 11.4 Å². The number of H-pyrrole nitrogens is 1. The summed E-state index contributed by atoms with van der Waals surface area (Å²) in [6.07, 6.45) is 4.36. The van der Waals surface area contributed by atoms with Gasteiger partial charge in [0.25, 0.3) is 0 Å². The number of nitrogens with zero attached hydrogens (tertiary/aromatic N) is 2. The van der Waals surface area contributed by atoms with Crippen molar-refractivity contribution in [2.24, 2.45) is 5.16 Å². The monoisotopic (exact) mass is 151 g/mol. The molecule has 0 amide bonds. The van der Waals surface area contributed by atoms with Gasteiger partial charge in [-0.25, -0.2) is 4.98 Å². The van der Waals surface area contributed by atoms with Gasteiger partial charge in [0.2, 0.25) is 0 Å². The van der Waals surface area contributed by atoms with Crippen LogP contribution < -0.4 is 0 Å². The summed E-state index contributed by atoms with van der Waals surface area (Å²) in [5.74, 6) is 0.861. The van der Waals surface area contributed by atoms with Crippen LogP contribution in [0.4, 0.5) is 0 Å². The van der Waals surface area contributed by atoms with Crippen LogP contribution in [0.3, 0.4) is 0 Å². The van der Waals surface area contributed by atoms with Crippen LogP contribution in [0.1, 0.15) is 24.0 Å². The number of aromatic nitrogens is 2. The quantitative estimate of drug-likeness (QED) is 0.654. The summed E-state index contributed by atoms with van der Waals surface area (Å²) in [6.45, 7) is 1.96. The van der Waals surface area contributed by atoms with E-state index >= 15 is 0 Å². The lowest BCUT2D eigenvalue weighted by atomic mass is 10.3. The van der Waals surface area contributed by atoms with Crippen LogP contribution in [0.5, 0.6) is 0 Å². The van der Waals surface area contributed by atoms with E-state index in [9.17, 15) is 0 Å². The van der Waals surface area contributed by atoms with E-state index in [-0.39, 0.29) is 6.10 Å². The molecule has 0 saturated carbocycles. The van der Waals surface area contributed by atoms with Crippen molar-refractivity contribution in [1.82, 2.24) is 9.97 Å². The number of nitrogens with one attached hydrogen (secondary N) is 1. The molecule has 4 heteroatoms. The summed E-state index contributed by atoms with van der Waals surface area (Å²) in [6, 6.07) is 0. The molecule has 0 fully saturated rings. The molecule has 4 nitrogen and oxygen atoms in total. The van der Waals surface area contributed by atoms with Gasteiger partial charge in [-0.05, 0) is 6.92 Å². The molecule has 2 rings (SSSR count).